The smallest absolute Gasteiger partial charge is 0.235 e. The van der Waals surface area contributed by atoms with Crippen LogP contribution in [0.1, 0.15) is 11.1 Å². The van der Waals surface area contributed by atoms with Crippen molar-refractivity contribution in [3.8, 4) is 0 Å². The summed E-state index contributed by atoms with van der Waals surface area (Å²) in [6, 6.07) is 13.1. The molecule has 1 N–H and O–H groups in total. The number of carbonyl (C=O) groups excluding carboxylic acids is 1. The van der Waals surface area contributed by atoms with Crippen LogP contribution in [0.5, 0.6) is 0 Å². The van der Waals surface area contributed by atoms with Crippen LogP contribution in [0.15, 0.2) is 48.5 Å². The molecule has 8 heteroatoms. The molecule has 0 bridgehead atoms. The van der Waals surface area contributed by atoms with Gasteiger partial charge in [0.2, 0.25) is 15.9 Å². The number of rotatable bonds is 8. The second-order valence-electron chi connectivity index (χ2n) is 5.85. The monoisotopic (exact) mass is 398 g/mol. The Morgan fingerprint density at radius 1 is 1.19 bits per heavy atom. The van der Waals surface area contributed by atoms with Gasteiger partial charge >= 0.3 is 0 Å². The standard InChI is InChI=1S/C18H20ClFN2O3S/c1-26(24,25)22(12-15-6-2-3-8-17(15)20)13-18(23)21-10-9-14-5-4-7-16(19)11-14/h2-8,11H,9-10,12-13H2,1H3,(H,21,23). The molecule has 0 radical (unpaired) electrons. The molecule has 0 unspecified atom stereocenters. The van der Waals surface area contributed by atoms with Crippen molar-refractivity contribution in [3.63, 3.8) is 0 Å². The number of hydrogen-bond donors (Lipinski definition) is 1. The topological polar surface area (TPSA) is 66.5 Å². The first-order valence-corrected chi connectivity index (χ1v) is 10.2. The zero-order chi connectivity index (χ0) is 19.2. The van der Waals surface area contributed by atoms with E-state index in [9.17, 15) is 17.6 Å². The van der Waals surface area contributed by atoms with Crippen LogP contribution >= 0.6 is 11.6 Å². The van der Waals surface area contributed by atoms with Gasteiger partial charge in [-0.1, -0.05) is 41.9 Å². The molecule has 0 fully saturated rings. The number of benzene rings is 2. The van der Waals surface area contributed by atoms with Crippen molar-refractivity contribution in [2.45, 2.75) is 13.0 Å². The van der Waals surface area contributed by atoms with E-state index in [2.05, 4.69) is 5.32 Å². The maximum atomic E-state index is 13.8. The summed E-state index contributed by atoms with van der Waals surface area (Å²) in [6.45, 7) is -0.230. The number of amides is 1. The minimum Gasteiger partial charge on any atom is -0.355 e. The van der Waals surface area contributed by atoms with E-state index >= 15 is 0 Å². The van der Waals surface area contributed by atoms with Gasteiger partial charge in [0.1, 0.15) is 5.82 Å². The van der Waals surface area contributed by atoms with Crippen LogP contribution in [-0.4, -0.2) is 38.0 Å². The molecule has 0 aliphatic heterocycles. The third-order valence-corrected chi connectivity index (χ3v) is 5.15. The van der Waals surface area contributed by atoms with Gasteiger partial charge in [0.05, 0.1) is 12.8 Å². The highest BCUT2D eigenvalue weighted by molar-refractivity contribution is 7.88. The van der Waals surface area contributed by atoms with Gasteiger partial charge in [-0.15, -0.1) is 0 Å². The van der Waals surface area contributed by atoms with Gasteiger partial charge in [-0.05, 0) is 30.2 Å². The first-order valence-electron chi connectivity index (χ1n) is 7.95. The largest absolute Gasteiger partial charge is 0.355 e. The molecular weight excluding hydrogens is 379 g/mol. The molecule has 140 valence electrons. The molecule has 0 aliphatic carbocycles. The van der Waals surface area contributed by atoms with Gasteiger partial charge in [-0.2, -0.15) is 4.31 Å². The number of nitrogens with zero attached hydrogens (tertiary/aromatic N) is 1. The average Bonchev–Trinajstić information content (AvgIpc) is 2.55. The van der Waals surface area contributed by atoms with Gasteiger partial charge in [0, 0.05) is 23.7 Å². The lowest BCUT2D eigenvalue weighted by molar-refractivity contribution is -0.121. The SMILES string of the molecule is CS(=O)(=O)N(CC(=O)NCCc1cccc(Cl)c1)Cc1ccccc1F. The van der Waals surface area contributed by atoms with Crippen molar-refractivity contribution >= 4 is 27.5 Å². The van der Waals surface area contributed by atoms with Crippen LogP contribution in [0.3, 0.4) is 0 Å². The van der Waals surface area contributed by atoms with Gasteiger partial charge in [-0.3, -0.25) is 4.79 Å². The second kappa shape index (κ2) is 9.12. The van der Waals surface area contributed by atoms with Crippen molar-refractivity contribution < 1.29 is 17.6 Å². The number of nitrogens with one attached hydrogen (secondary N) is 1. The Hall–Kier alpha value is -1.96. The van der Waals surface area contributed by atoms with Crippen molar-refractivity contribution in [2.24, 2.45) is 0 Å². The van der Waals surface area contributed by atoms with E-state index in [1.807, 2.05) is 12.1 Å². The van der Waals surface area contributed by atoms with Crippen LogP contribution in [0.25, 0.3) is 0 Å². The van der Waals surface area contributed by atoms with Crippen LogP contribution < -0.4 is 5.32 Å². The Labute approximate surface area is 157 Å². The number of hydrogen-bond acceptors (Lipinski definition) is 3. The van der Waals surface area contributed by atoms with E-state index in [-0.39, 0.29) is 18.7 Å². The molecule has 0 aliphatic rings. The fraction of sp³-hybridized carbons (Fsp3) is 0.278. The molecule has 26 heavy (non-hydrogen) atoms. The highest BCUT2D eigenvalue weighted by Gasteiger charge is 2.21. The predicted molar refractivity (Wildman–Crippen MR) is 99.8 cm³/mol. The summed E-state index contributed by atoms with van der Waals surface area (Å²) < 4.78 is 38.6. The molecular formula is C18H20ClFN2O3S. The Bertz CT molecular complexity index is 874. The normalized spacial score (nSPS) is 11.5. The van der Waals surface area contributed by atoms with E-state index in [0.29, 0.717) is 18.0 Å². The zero-order valence-electron chi connectivity index (χ0n) is 14.3. The summed E-state index contributed by atoms with van der Waals surface area (Å²) in [4.78, 5) is 12.1. The maximum absolute atomic E-state index is 13.8. The Balaban J connectivity index is 1.93. The van der Waals surface area contributed by atoms with E-state index in [1.165, 1.54) is 18.2 Å². The van der Waals surface area contributed by atoms with Crippen LogP contribution in [0.4, 0.5) is 4.39 Å². The Morgan fingerprint density at radius 3 is 2.58 bits per heavy atom. The van der Waals surface area contributed by atoms with Gasteiger partial charge < -0.3 is 5.32 Å². The van der Waals surface area contributed by atoms with E-state index in [4.69, 9.17) is 11.6 Å². The van der Waals surface area contributed by atoms with E-state index in [0.717, 1.165) is 16.1 Å². The minimum atomic E-state index is -3.67. The van der Waals surface area contributed by atoms with Gasteiger partial charge in [-0.25, -0.2) is 12.8 Å². The molecule has 1 amide bonds. The lowest BCUT2D eigenvalue weighted by atomic mass is 10.1. The molecule has 0 saturated heterocycles. The van der Waals surface area contributed by atoms with Crippen LogP contribution in [-0.2, 0) is 27.8 Å². The summed E-state index contributed by atoms with van der Waals surface area (Å²) in [7, 11) is -3.67. The predicted octanol–water partition coefficient (Wildman–Crippen LogP) is 2.60. The molecule has 0 spiro atoms. The Morgan fingerprint density at radius 2 is 1.92 bits per heavy atom. The molecule has 2 aromatic carbocycles. The first kappa shape index (κ1) is 20.4. The number of sulfonamides is 1. The fourth-order valence-electron chi connectivity index (χ4n) is 2.36. The zero-order valence-corrected chi connectivity index (χ0v) is 15.9. The molecule has 5 nitrogen and oxygen atoms in total. The molecule has 0 saturated carbocycles. The summed E-state index contributed by atoms with van der Waals surface area (Å²) in [5.41, 5.74) is 1.17. The molecule has 0 atom stereocenters. The summed E-state index contributed by atoms with van der Waals surface area (Å²) in [6.07, 6.45) is 1.56. The lowest BCUT2D eigenvalue weighted by Crippen LogP contribution is -2.40. The summed E-state index contributed by atoms with van der Waals surface area (Å²) in [5, 5.41) is 3.28. The summed E-state index contributed by atoms with van der Waals surface area (Å²) >= 11 is 5.90. The molecule has 2 rings (SSSR count). The quantitative estimate of drug-likeness (QED) is 0.743. The highest BCUT2D eigenvalue weighted by atomic mass is 35.5. The third kappa shape index (κ3) is 6.40. The lowest BCUT2D eigenvalue weighted by Gasteiger charge is -2.20. The molecule has 2 aromatic rings. The Kier molecular flexibility index (Phi) is 7.14. The average molecular weight is 399 g/mol. The fourth-order valence-corrected chi connectivity index (χ4v) is 3.30. The highest BCUT2D eigenvalue weighted by Crippen LogP contribution is 2.12. The van der Waals surface area contributed by atoms with E-state index < -0.39 is 21.7 Å². The van der Waals surface area contributed by atoms with Gasteiger partial charge in [0.15, 0.2) is 0 Å². The van der Waals surface area contributed by atoms with E-state index in [1.54, 1.807) is 18.2 Å². The molecule has 0 aromatic heterocycles. The van der Waals surface area contributed by atoms with Gasteiger partial charge in [0.25, 0.3) is 0 Å². The van der Waals surface area contributed by atoms with Crippen molar-refractivity contribution in [1.29, 1.82) is 0 Å². The second-order valence-corrected chi connectivity index (χ2v) is 8.27. The van der Waals surface area contributed by atoms with Crippen molar-refractivity contribution in [1.82, 2.24) is 9.62 Å². The van der Waals surface area contributed by atoms with Crippen molar-refractivity contribution in [2.75, 3.05) is 19.3 Å². The third-order valence-electron chi connectivity index (χ3n) is 3.72. The molecule has 0 heterocycles. The van der Waals surface area contributed by atoms with Crippen molar-refractivity contribution in [3.05, 3.63) is 70.5 Å². The maximum Gasteiger partial charge on any atom is 0.235 e. The summed E-state index contributed by atoms with van der Waals surface area (Å²) in [5.74, 6) is -0.962. The van der Waals surface area contributed by atoms with Crippen LogP contribution in [0, 0.1) is 5.82 Å². The van der Waals surface area contributed by atoms with Crippen LogP contribution in [0.2, 0.25) is 5.02 Å². The first-order chi connectivity index (χ1) is 12.3. The number of halogens is 2. The number of carbonyl (C=O) groups is 1. The minimum absolute atomic E-state index is 0.201.